The van der Waals surface area contributed by atoms with Crippen LogP contribution in [-0.2, 0) is 4.74 Å². The fraction of sp³-hybridized carbons (Fsp3) is 0.375. The van der Waals surface area contributed by atoms with Crippen LogP contribution >= 0.6 is 0 Å². The summed E-state index contributed by atoms with van der Waals surface area (Å²) in [6.45, 7) is 0. The van der Waals surface area contributed by atoms with Crippen molar-refractivity contribution in [2.45, 2.75) is 19.1 Å². The van der Waals surface area contributed by atoms with Gasteiger partial charge in [-0.3, -0.25) is 5.32 Å². The van der Waals surface area contributed by atoms with Crippen LogP contribution in [0.4, 0.5) is 4.79 Å². The van der Waals surface area contributed by atoms with Crippen molar-refractivity contribution in [2.24, 2.45) is 0 Å². The Labute approximate surface area is 69.5 Å². The van der Waals surface area contributed by atoms with E-state index in [-0.39, 0.29) is 0 Å². The van der Waals surface area contributed by atoms with Gasteiger partial charge in [-0.25, -0.2) is 4.79 Å². The molecule has 1 unspecified atom stereocenters. The number of aliphatic hydroxyl groups is 1. The molecule has 4 nitrogen and oxygen atoms in total. The van der Waals surface area contributed by atoms with Crippen LogP contribution in [0.25, 0.3) is 0 Å². The second-order valence-electron chi connectivity index (χ2n) is 2.77. The highest BCUT2D eigenvalue weighted by Gasteiger charge is 2.26. The third-order valence-electron chi connectivity index (χ3n) is 1.95. The maximum atomic E-state index is 10.8. The van der Waals surface area contributed by atoms with Gasteiger partial charge in [-0.1, -0.05) is 6.08 Å². The Bertz CT molecular complexity index is 280. The lowest BCUT2D eigenvalue weighted by Crippen LogP contribution is -2.41. The lowest BCUT2D eigenvalue weighted by atomic mass is 10.0. The molecule has 0 aromatic heterocycles. The highest BCUT2D eigenvalue weighted by Crippen LogP contribution is 2.24. The van der Waals surface area contributed by atoms with Crippen molar-refractivity contribution in [3.63, 3.8) is 0 Å². The molecular formula is C8H9NO3. The van der Waals surface area contributed by atoms with E-state index in [1.807, 2.05) is 6.08 Å². The molecule has 1 heterocycles. The summed E-state index contributed by atoms with van der Waals surface area (Å²) < 4.78 is 4.84. The zero-order valence-corrected chi connectivity index (χ0v) is 6.41. The molecule has 2 rings (SSSR count). The zero-order valence-electron chi connectivity index (χ0n) is 6.41. The van der Waals surface area contributed by atoms with E-state index in [1.54, 1.807) is 6.08 Å². The molecule has 1 amide bonds. The maximum absolute atomic E-state index is 10.8. The van der Waals surface area contributed by atoms with Crippen LogP contribution < -0.4 is 5.32 Å². The van der Waals surface area contributed by atoms with Crippen molar-refractivity contribution in [3.05, 3.63) is 23.5 Å². The monoisotopic (exact) mass is 167 g/mol. The summed E-state index contributed by atoms with van der Waals surface area (Å²) in [4.78, 5) is 10.8. The molecule has 2 aliphatic rings. The summed E-state index contributed by atoms with van der Waals surface area (Å²) in [5, 5.41) is 11.7. The molecule has 1 atom stereocenters. The van der Waals surface area contributed by atoms with E-state index in [4.69, 9.17) is 4.74 Å². The number of amides is 1. The normalized spacial score (nSPS) is 27.8. The third kappa shape index (κ3) is 1.10. The number of ether oxygens (including phenoxy) is 1. The minimum Gasteiger partial charge on any atom is -0.410 e. The van der Waals surface area contributed by atoms with Crippen molar-refractivity contribution < 1.29 is 14.6 Å². The van der Waals surface area contributed by atoms with Crippen LogP contribution in [0, 0.1) is 0 Å². The van der Waals surface area contributed by atoms with Gasteiger partial charge in [0.05, 0.1) is 0 Å². The molecule has 0 bridgehead atoms. The standard InChI is InChI=1S/C8H9NO3/c10-7-5-3-1-2-4-6(5)12-8(11)9-7/h2,4,7,10H,1,3H2,(H,9,11). The van der Waals surface area contributed by atoms with Crippen molar-refractivity contribution in [1.82, 2.24) is 5.32 Å². The molecule has 0 fully saturated rings. The van der Waals surface area contributed by atoms with Gasteiger partial charge < -0.3 is 9.84 Å². The number of alkyl carbamates (subject to hydrolysis) is 1. The van der Waals surface area contributed by atoms with Crippen molar-refractivity contribution in [1.29, 1.82) is 0 Å². The fourth-order valence-electron chi connectivity index (χ4n) is 1.36. The lowest BCUT2D eigenvalue weighted by Gasteiger charge is -2.25. The van der Waals surface area contributed by atoms with E-state index in [0.29, 0.717) is 5.76 Å². The highest BCUT2D eigenvalue weighted by molar-refractivity contribution is 5.71. The van der Waals surface area contributed by atoms with Gasteiger partial charge in [-0.2, -0.15) is 0 Å². The highest BCUT2D eigenvalue weighted by atomic mass is 16.6. The van der Waals surface area contributed by atoms with E-state index in [1.165, 1.54) is 0 Å². The van der Waals surface area contributed by atoms with Crippen molar-refractivity contribution in [2.75, 3.05) is 0 Å². The molecule has 0 aromatic rings. The van der Waals surface area contributed by atoms with Crippen LogP contribution in [0.15, 0.2) is 23.5 Å². The van der Waals surface area contributed by atoms with E-state index in [2.05, 4.69) is 5.32 Å². The first-order valence-electron chi connectivity index (χ1n) is 3.83. The largest absolute Gasteiger partial charge is 0.414 e. The lowest BCUT2D eigenvalue weighted by molar-refractivity contribution is 0.109. The smallest absolute Gasteiger partial charge is 0.410 e. The Morgan fingerprint density at radius 2 is 2.50 bits per heavy atom. The van der Waals surface area contributed by atoms with Gasteiger partial charge in [0.1, 0.15) is 5.76 Å². The first-order chi connectivity index (χ1) is 5.77. The van der Waals surface area contributed by atoms with Gasteiger partial charge >= 0.3 is 6.09 Å². The van der Waals surface area contributed by atoms with Gasteiger partial charge in [0, 0.05) is 5.57 Å². The van der Waals surface area contributed by atoms with E-state index in [0.717, 1.165) is 18.4 Å². The average molecular weight is 167 g/mol. The van der Waals surface area contributed by atoms with Crippen molar-refractivity contribution in [3.8, 4) is 0 Å². The molecule has 0 spiro atoms. The fourth-order valence-corrected chi connectivity index (χ4v) is 1.36. The topological polar surface area (TPSA) is 58.6 Å². The van der Waals surface area contributed by atoms with Gasteiger partial charge in [0.2, 0.25) is 0 Å². The van der Waals surface area contributed by atoms with Crippen LogP contribution in [0.3, 0.4) is 0 Å². The summed E-state index contributed by atoms with van der Waals surface area (Å²) in [6.07, 6.45) is 3.81. The number of hydrogen-bond acceptors (Lipinski definition) is 3. The Kier molecular flexibility index (Phi) is 1.62. The van der Waals surface area contributed by atoms with Crippen LogP contribution in [-0.4, -0.2) is 17.4 Å². The number of carbonyl (C=O) groups is 1. The van der Waals surface area contributed by atoms with E-state index >= 15 is 0 Å². The third-order valence-corrected chi connectivity index (χ3v) is 1.95. The summed E-state index contributed by atoms with van der Waals surface area (Å²) in [5.74, 6) is 0.498. The molecule has 0 saturated carbocycles. The first kappa shape index (κ1) is 7.36. The Morgan fingerprint density at radius 1 is 1.67 bits per heavy atom. The molecule has 64 valence electrons. The van der Waals surface area contributed by atoms with Crippen LogP contribution in [0.2, 0.25) is 0 Å². The summed E-state index contributed by atoms with van der Waals surface area (Å²) in [5.41, 5.74) is 0.761. The molecule has 4 heteroatoms. The zero-order chi connectivity index (χ0) is 8.55. The average Bonchev–Trinajstić information content (AvgIpc) is 2.04. The quantitative estimate of drug-likeness (QED) is 0.556. The Morgan fingerprint density at radius 3 is 3.33 bits per heavy atom. The van der Waals surface area contributed by atoms with Gasteiger partial charge in [-0.15, -0.1) is 0 Å². The molecule has 0 saturated heterocycles. The van der Waals surface area contributed by atoms with Crippen molar-refractivity contribution >= 4 is 6.09 Å². The summed E-state index contributed by atoms with van der Waals surface area (Å²) in [7, 11) is 0. The van der Waals surface area contributed by atoms with E-state index in [9.17, 15) is 9.90 Å². The maximum Gasteiger partial charge on any atom is 0.414 e. The number of hydrogen-bond donors (Lipinski definition) is 2. The van der Waals surface area contributed by atoms with Crippen LogP contribution in [0.1, 0.15) is 12.8 Å². The Hall–Kier alpha value is -1.29. The van der Waals surface area contributed by atoms with Crippen LogP contribution in [0.5, 0.6) is 0 Å². The number of nitrogens with one attached hydrogen (secondary N) is 1. The molecule has 1 aliphatic heterocycles. The minimum atomic E-state index is -0.869. The molecule has 1 aliphatic carbocycles. The number of allylic oxidation sites excluding steroid dienone is 2. The van der Waals surface area contributed by atoms with E-state index < -0.39 is 12.3 Å². The predicted octanol–water partition coefficient (Wildman–Crippen LogP) is 0.649. The first-order valence-corrected chi connectivity index (χ1v) is 3.83. The second-order valence-corrected chi connectivity index (χ2v) is 2.77. The summed E-state index contributed by atoms with van der Waals surface area (Å²) >= 11 is 0. The molecule has 0 radical (unpaired) electrons. The number of carbonyl (C=O) groups excluding carboxylic acids is 1. The minimum absolute atomic E-state index is 0.498. The SMILES string of the molecule is O=C1NC(O)C2=C(C=CCC2)O1. The van der Waals surface area contributed by atoms with Gasteiger partial charge in [0.25, 0.3) is 0 Å². The Balaban J connectivity index is 2.33. The molecule has 2 N–H and O–H groups in total. The number of rotatable bonds is 0. The molecule has 0 aromatic carbocycles. The second kappa shape index (κ2) is 2.64. The number of aliphatic hydroxyl groups excluding tert-OH is 1. The molecule has 12 heavy (non-hydrogen) atoms. The predicted molar refractivity (Wildman–Crippen MR) is 41.0 cm³/mol. The van der Waals surface area contributed by atoms with Gasteiger partial charge in [0.15, 0.2) is 6.23 Å². The molecular weight excluding hydrogens is 158 g/mol. The van der Waals surface area contributed by atoms with Gasteiger partial charge in [-0.05, 0) is 18.9 Å². The summed E-state index contributed by atoms with van der Waals surface area (Å²) in [6, 6.07) is 0.